The van der Waals surface area contributed by atoms with Gasteiger partial charge in [-0.2, -0.15) is 0 Å². The topological polar surface area (TPSA) is 46.2 Å². The van der Waals surface area contributed by atoms with E-state index in [9.17, 15) is 0 Å². The minimum Gasteiger partial charge on any atom is -0.396 e. The van der Waals surface area contributed by atoms with E-state index in [1.165, 1.54) is 0 Å². The summed E-state index contributed by atoms with van der Waals surface area (Å²) in [5.74, 6) is 0. The molecule has 0 aromatic heterocycles. The third kappa shape index (κ3) is 2.95. The quantitative estimate of drug-likeness (QED) is 0.881. The SMILES string of the molecule is NC(CCO)c1cc(Br)ccc1Cl. The largest absolute Gasteiger partial charge is 0.396 e. The Morgan fingerprint density at radius 1 is 1.54 bits per heavy atom. The lowest BCUT2D eigenvalue weighted by atomic mass is 10.1. The van der Waals surface area contributed by atoms with Gasteiger partial charge >= 0.3 is 0 Å². The fourth-order valence-electron chi connectivity index (χ4n) is 1.09. The summed E-state index contributed by atoms with van der Waals surface area (Å²) in [6.45, 7) is 0.0734. The molecule has 0 saturated heterocycles. The van der Waals surface area contributed by atoms with Crippen LogP contribution in [0.5, 0.6) is 0 Å². The number of hydrogen-bond acceptors (Lipinski definition) is 2. The average molecular weight is 265 g/mol. The number of aliphatic hydroxyl groups is 1. The predicted molar refractivity (Wildman–Crippen MR) is 57.8 cm³/mol. The van der Waals surface area contributed by atoms with Crippen molar-refractivity contribution in [3.05, 3.63) is 33.3 Å². The number of nitrogens with two attached hydrogens (primary N) is 1. The van der Waals surface area contributed by atoms with Gasteiger partial charge < -0.3 is 10.8 Å². The Labute approximate surface area is 90.8 Å². The molecule has 1 unspecified atom stereocenters. The highest BCUT2D eigenvalue weighted by atomic mass is 79.9. The van der Waals surface area contributed by atoms with E-state index in [0.717, 1.165) is 10.0 Å². The molecule has 2 nitrogen and oxygen atoms in total. The predicted octanol–water partition coefficient (Wildman–Crippen LogP) is 2.48. The molecule has 0 amide bonds. The molecule has 1 aromatic rings. The van der Waals surface area contributed by atoms with Crippen molar-refractivity contribution in [1.29, 1.82) is 0 Å². The van der Waals surface area contributed by atoms with Gasteiger partial charge in [0, 0.05) is 22.1 Å². The summed E-state index contributed by atoms with van der Waals surface area (Å²) in [6, 6.07) is 5.33. The lowest BCUT2D eigenvalue weighted by Crippen LogP contribution is -2.12. The van der Waals surface area contributed by atoms with Crippen LogP contribution >= 0.6 is 27.5 Å². The minimum absolute atomic E-state index is 0.0734. The standard InChI is InChI=1S/C9H11BrClNO/c10-6-1-2-8(11)7(5-6)9(12)3-4-13/h1-2,5,9,13H,3-4,12H2. The van der Waals surface area contributed by atoms with E-state index in [0.29, 0.717) is 11.4 Å². The molecule has 13 heavy (non-hydrogen) atoms. The molecule has 1 rings (SSSR count). The molecule has 0 radical (unpaired) electrons. The molecule has 0 aliphatic heterocycles. The zero-order valence-electron chi connectivity index (χ0n) is 7.00. The summed E-state index contributed by atoms with van der Waals surface area (Å²) in [7, 11) is 0. The maximum atomic E-state index is 8.72. The number of rotatable bonds is 3. The van der Waals surface area contributed by atoms with Crippen molar-refractivity contribution < 1.29 is 5.11 Å². The van der Waals surface area contributed by atoms with E-state index in [1.54, 1.807) is 6.07 Å². The van der Waals surface area contributed by atoms with Gasteiger partial charge in [0.2, 0.25) is 0 Å². The van der Waals surface area contributed by atoms with Crippen molar-refractivity contribution in [2.24, 2.45) is 5.73 Å². The molecule has 72 valence electrons. The lowest BCUT2D eigenvalue weighted by molar-refractivity contribution is 0.276. The molecule has 0 fully saturated rings. The van der Waals surface area contributed by atoms with Crippen molar-refractivity contribution in [2.45, 2.75) is 12.5 Å². The van der Waals surface area contributed by atoms with Crippen LogP contribution in [0.15, 0.2) is 22.7 Å². The van der Waals surface area contributed by atoms with Crippen LogP contribution in [0.3, 0.4) is 0 Å². The highest BCUT2D eigenvalue weighted by Gasteiger charge is 2.09. The van der Waals surface area contributed by atoms with Crippen LogP contribution < -0.4 is 5.73 Å². The van der Waals surface area contributed by atoms with Gasteiger partial charge in [-0.3, -0.25) is 0 Å². The summed E-state index contributed by atoms with van der Waals surface area (Å²) in [6.07, 6.45) is 0.524. The monoisotopic (exact) mass is 263 g/mol. The Balaban J connectivity index is 2.91. The third-order valence-corrected chi connectivity index (χ3v) is 2.64. The Kier molecular flexibility index (Phi) is 4.19. The second-order valence-electron chi connectivity index (χ2n) is 2.78. The van der Waals surface area contributed by atoms with Crippen molar-refractivity contribution in [2.75, 3.05) is 6.61 Å². The number of halogens is 2. The summed E-state index contributed by atoms with van der Waals surface area (Å²) in [5.41, 5.74) is 6.68. The number of hydrogen-bond donors (Lipinski definition) is 2. The molecule has 0 aliphatic rings. The molecule has 0 heterocycles. The second kappa shape index (κ2) is 4.96. The number of aliphatic hydroxyl groups excluding tert-OH is 1. The first-order chi connectivity index (χ1) is 6.15. The molecular formula is C9H11BrClNO. The smallest absolute Gasteiger partial charge is 0.0454 e. The van der Waals surface area contributed by atoms with Crippen molar-refractivity contribution >= 4 is 27.5 Å². The zero-order valence-corrected chi connectivity index (χ0v) is 9.35. The van der Waals surface area contributed by atoms with E-state index in [-0.39, 0.29) is 12.6 Å². The fourth-order valence-corrected chi connectivity index (χ4v) is 1.73. The Bertz CT molecular complexity index is 293. The lowest BCUT2D eigenvalue weighted by Gasteiger charge is -2.12. The highest BCUT2D eigenvalue weighted by molar-refractivity contribution is 9.10. The molecule has 3 N–H and O–H groups in total. The molecule has 0 saturated carbocycles. The van der Waals surface area contributed by atoms with Crippen LogP contribution in [0.25, 0.3) is 0 Å². The van der Waals surface area contributed by atoms with Crippen molar-refractivity contribution in [3.63, 3.8) is 0 Å². The van der Waals surface area contributed by atoms with E-state index in [2.05, 4.69) is 15.9 Å². The Morgan fingerprint density at radius 2 is 2.23 bits per heavy atom. The maximum Gasteiger partial charge on any atom is 0.0454 e. The number of benzene rings is 1. The molecule has 1 aromatic carbocycles. The first-order valence-corrected chi connectivity index (χ1v) is 5.13. The highest BCUT2D eigenvalue weighted by Crippen LogP contribution is 2.26. The van der Waals surface area contributed by atoms with Gasteiger partial charge in [0.15, 0.2) is 0 Å². The fraction of sp³-hybridized carbons (Fsp3) is 0.333. The normalized spacial score (nSPS) is 12.9. The van der Waals surface area contributed by atoms with Gasteiger partial charge in [0.25, 0.3) is 0 Å². The van der Waals surface area contributed by atoms with Gasteiger partial charge in [-0.15, -0.1) is 0 Å². The van der Waals surface area contributed by atoms with Crippen LogP contribution in [0.4, 0.5) is 0 Å². The molecule has 0 bridgehead atoms. The summed E-state index contributed by atoms with van der Waals surface area (Å²) < 4.78 is 0.945. The molecule has 4 heteroatoms. The summed E-state index contributed by atoms with van der Waals surface area (Å²) in [4.78, 5) is 0. The van der Waals surface area contributed by atoms with Crippen LogP contribution in [0, 0.1) is 0 Å². The van der Waals surface area contributed by atoms with Crippen LogP contribution in [-0.4, -0.2) is 11.7 Å². The maximum absolute atomic E-state index is 8.72. The zero-order chi connectivity index (χ0) is 9.84. The summed E-state index contributed by atoms with van der Waals surface area (Å²) >= 11 is 9.28. The summed E-state index contributed by atoms with van der Waals surface area (Å²) in [5, 5.41) is 9.37. The van der Waals surface area contributed by atoms with Crippen LogP contribution in [0.2, 0.25) is 5.02 Å². The molecule has 0 aliphatic carbocycles. The van der Waals surface area contributed by atoms with E-state index in [4.69, 9.17) is 22.4 Å². The average Bonchev–Trinajstić information content (AvgIpc) is 2.09. The van der Waals surface area contributed by atoms with Gasteiger partial charge in [0.1, 0.15) is 0 Å². The van der Waals surface area contributed by atoms with Gasteiger partial charge in [-0.05, 0) is 30.2 Å². The third-order valence-electron chi connectivity index (χ3n) is 1.80. The van der Waals surface area contributed by atoms with Crippen LogP contribution in [-0.2, 0) is 0 Å². The molecule has 0 spiro atoms. The Morgan fingerprint density at radius 3 is 2.85 bits per heavy atom. The van der Waals surface area contributed by atoms with E-state index in [1.807, 2.05) is 12.1 Å². The minimum atomic E-state index is -0.199. The Hall–Kier alpha value is -0.0900. The van der Waals surface area contributed by atoms with Crippen LogP contribution in [0.1, 0.15) is 18.0 Å². The first kappa shape index (κ1) is 11.0. The van der Waals surface area contributed by atoms with E-state index >= 15 is 0 Å². The van der Waals surface area contributed by atoms with Gasteiger partial charge in [-0.25, -0.2) is 0 Å². The van der Waals surface area contributed by atoms with Crippen molar-refractivity contribution in [1.82, 2.24) is 0 Å². The van der Waals surface area contributed by atoms with Gasteiger partial charge in [0.05, 0.1) is 0 Å². The second-order valence-corrected chi connectivity index (χ2v) is 4.11. The molecular weight excluding hydrogens is 253 g/mol. The molecule has 1 atom stereocenters. The van der Waals surface area contributed by atoms with Crippen molar-refractivity contribution in [3.8, 4) is 0 Å². The first-order valence-electron chi connectivity index (χ1n) is 3.96. The van der Waals surface area contributed by atoms with Gasteiger partial charge in [-0.1, -0.05) is 27.5 Å². The van der Waals surface area contributed by atoms with E-state index < -0.39 is 0 Å².